The lowest BCUT2D eigenvalue weighted by molar-refractivity contribution is 0.0910. The van der Waals surface area contributed by atoms with Crippen LogP contribution in [0.4, 0.5) is 5.69 Å². The molecule has 8 heteroatoms. The van der Waals surface area contributed by atoms with Gasteiger partial charge in [-0.3, -0.25) is 14.4 Å². The van der Waals surface area contributed by atoms with Gasteiger partial charge in [-0.2, -0.15) is 0 Å². The average Bonchev–Trinajstić information content (AvgIpc) is 2.67. The molecule has 3 rings (SSSR count). The topological polar surface area (TPSA) is 107 Å². The third kappa shape index (κ3) is 4.71. The molecule has 2 N–H and O–H groups in total. The molecule has 0 unspecified atom stereocenters. The van der Waals surface area contributed by atoms with Crippen molar-refractivity contribution in [2.75, 3.05) is 32.8 Å². The summed E-state index contributed by atoms with van der Waals surface area (Å²) in [4.78, 5) is 40.5. The number of aromatic nitrogens is 1. The normalized spacial score (nSPS) is 14.7. The summed E-state index contributed by atoms with van der Waals surface area (Å²) in [5.41, 5.74) is 0.548. The lowest BCUT2D eigenvalue weighted by Gasteiger charge is -2.29. The van der Waals surface area contributed by atoms with Gasteiger partial charge in [0.25, 0.3) is 11.5 Å². The second-order valence-corrected chi connectivity index (χ2v) is 8.01. The first kappa shape index (κ1) is 21.6. The van der Waals surface area contributed by atoms with Gasteiger partial charge in [-0.1, -0.05) is 13.8 Å². The lowest BCUT2D eigenvalue weighted by atomic mass is 9.75. The number of H-pyrrole nitrogens is 1. The van der Waals surface area contributed by atoms with Gasteiger partial charge in [-0.15, -0.1) is 0 Å². The van der Waals surface area contributed by atoms with Gasteiger partial charge < -0.3 is 24.5 Å². The Labute approximate surface area is 174 Å². The van der Waals surface area contributed by atoms with Crippen molar-refractivity contribution in [2.45, 2.75) is 26.7 Å². The minimum atomic E-state index is -0.607. The van der Waals surface area contributed by atoms with Crippen molar-refractivity contribution in [3.05, 3.63) is 51.4 Å². The van der Waals surface area contributed by atoms with Crippen molar-refractivity contribution in [1.29, 1.82) is 0 Å². The fraction of sp³-hybridized carbons (Fsp3) is 0.409. The van der Waals surface area contributed by atoms with E-state index < -0.39 is 11.5 Å². The summed E-state index contributed by atoms with van der Waals surface area (Å²) in [5.74, 6) is 0.252. The first-order chi connectivity index (χ1) is 14.2. The number of carbonyl (C=O) groups excluding carboxylic acids is 2. The van der Waals surface area contributed by atoms with E-state index in [-0.39, 0.29) is 16.8 Å². The van der Waals surface area contributed by atoms with Crippen LogP contribution < -0.4 is 20.3 Å². The van der Waals surface area contributed by atoms with E-state index in [1.54, 1.807) is 25.3 Å². The van der Waals surface area contributed by atoms with E-state index in [1.165, 1.54) is 13.2 Å². The third-order valence-corrected chi connectivity index (χ3v) is 4.93. The van der Waals surface area contributed by atoms with Crippen LogP contribution in [-0.4, -0.2) is 44.1 Å². The van der Waals surface area contributed by atoms with Crippen LogP contribution in [-0.2, 0) is 11.2 Å². The lowest BCUT2D eigenvalue weighted by Crippen LogP contribution is -2.32. The molecule has 0 saturated carbocycles. The summed E-state index contributed by atoms with van der Waals surface area (Å²) < 4.78 is 15.8. The van der Waals surface area contributed by atoms with E-state index in [0.29, 0.717) is 54.5 Å². The molecule has 1 aromatic heterocycles. The Morgan fingerprint density at radius 2 is 1.87 bits per heavy atom. The van der Waals surface area contributed by atoms with Crippen molar-refractivity contribution in [2.24, 2.45) is 5.41 Å². The van der Waals surface area contributed by atoms with Crippen LogP contribution in [0.3, 0.4) is 0 Å². The van der Waals surface area contributed by atoms with Gasteiger partial charge in [0.1, 0.15) is 12.2 Å². The van der Waals surface area contributed by atoms with Gasteiger partial charge in [0.05, 0.1) is 13.7 Å². The summed E-state index contributed by atoms with van der Waals surface area (Å²) >= 11 is 0. The monoisotopic (exact) mass is 414 g/mol. The minimum Gasteiger partial charge on any atom is -0.493 e. The molecule has 0 fully saturated rings. The molecule has 2 aromatic rings. The molecule has 160 valence electrons. The largest absolute Gasteiger partial charge is 0.493 e. The van der Waals surface area contributed by atoms with Crippen LogP contribution >= 0.6 is 0 Å². The van der Waals surface area contributed by atoms with Crippen LogP contribution in [0.15, 0.2) is 29.1 Å². The predicted octanol–water partition coefficient (Wildman–Crippen LogP) is 2.82. The molecule has 1 aromatic carbocycles. The molecule has 0 saturated heterocycles. The van der Waals surface area contributed by atoms with Crippen molar-refractivity contribution < 1.29 is 23.8 Å². The Morgan fingerprint density at radius 3 is 2.57 bits per heavy atom. The number of benzene rings is 1. The van der Waals surface area contributed by atoms with Crippen molar-refractivity contribution >= 4 is 17.4 Å². The number of amides is 1. The smallest absolute Gasteiger partial charge is 0.261 e. The number of fused-ring (bicyclic) bond motifs is 1. The maximum atomic E-state index is 12.7. The molecule has 8 nitrogen and oxygen atoms in total. The zero-order chi connectivity index (χ0) is 21.9. The van der Waals surface area contributed by atoms with Crippen LogP contribution in [0.25, 0.3) is 0 Å². The van der Waals surface area contributed by atoms with Crippen molar-refractivity contribution in [1.82, 2.24) is 4.98 Å². The fourth-order valence-corrected chi connectivity index (χ4v) is 3.50. The van der Waals surface area contributed by atoms with E-state index in [4.69, 9.17) is 14.2 Å². The zero-order valence-corrected chi connectivity index (χ0v) is 17.6. The molecule has 0 bridgehead atoms. The number of pyridine rings is 1. The SMILES string of the molecule is COCCOc1cc(NC(=O)c2cc3c([nH]c2=O)CC(C)(C)CC3=O)ccc1OC. The molecule has 0 spiro atoms. The molecule has 0 radical (unpaired) electrons. The minimum absolute atomic E-state index is 0.0789. The van der Waals surface area contributed by atoms with Crippen LogP contribution in [0.1, 0.15) is 46.7 Å². The van der Waals surface area contributed by atoms with Gasteiger partial charge in [0.15, 0.2) is 17.3 Å². The molecule has 1 aliphatic rings. The highest BCUT2D eigenvalue weighted by Gasteiger charge is 2.32. The zero-order valence-electron chi connectivity index (χ0n) is 17.6. The van der Waals surface area contributed by atoms with Gasteiger partial charge in [-0.25, -0.2) is 0 Å². The van der Waals surface area contributed by atoms with Gasteiger partial charge >= 0.3 is 0 Å². The highest BCUT2D eigenvalue weighted by atomic mass is 16.5. The van der Waals surface area contributed by atoms with E-state index >= 15 is 0 Å². The highest BCUT2D eigenvalue weighted by Crippen LogP contribution is 2.34. The summed E-state index contributed by atoms with van der Waals surface area (Å²) in [6.45, 7) is 4.66. The molecular weight excluding hydrogens is 388 g/mol. The second-order valence-electron chi connectivity index (χ2n) is 8.01. The van der Waals surface area contributed by atoms with E-state index in [0.717, 1.165) is 0 Å². The third-order valence-electron chi connectivity index (χ3n) is 4.93. The number of ether oxygens (including phenoxy) is 3. The Morgan fingerprint density at radius 1 is 1.10 bits per heavy atom. The molecule has 1 aliphatic carbocycles. The van der Waals surface area contributed by atoms with Gasteiger partial charge in [-0.05, 0) is 30.0 Å². The number of methoxy groups -OCH3 is 2. The van der Waals surface area contributed by atoms with E-state index in [2.05, 4.69) is 10.3 Å². The predicted molar refractivity (Wildman–Crippen MR) is 112 cm³/mol. The maximum Gasteiger partial charge on any atom is 0.261 e. The van der Waals surface area contributed by atoms with E-state index in [9.17, 15) is 14.4 Å². The number of anilines is 1. The van der Waals surface area contributed by atoms with Crippen LogP contribution in [0.5, 0.6) is 11.5 Å². The molecular formula is C22H26N2O6. The second kappa shape index (κ2) is 8.71. The van der Waals surface area contributed by atoms with Crippen LogP contribution in [0, 0.1) is 5.41 Å². The molecule has 1 amide bonds. The Bertz CT molecular complexity index is 1020. The van der Waals surface area contributed by atoms with Crippen molar-refractivity contribution in [3.63, 3.8) is 0 Å². The number of hydrogen-bond donors (Lipinski definition) is 2. The number of aromatic amines is 1. The Hall–Kier alpha value is -3.13. The molecule has 0 aliphatic heterocycles. The summed E-state index contributed by atoms with van der Waals surface area (Å²) in [7, 11) is 3.08. The number of carbonyl (C=O) groups is 2. The molecule has 30 heavy (non-hydrogen) atoms. The number of hydrogen-bond acceptors (Lipinski definition) is 6. The van der Waals surface area contributed by atoms with Gasteiger partial charge in [0, 0.05) is 36.5 Å². The van der Waals surface area contributed by atoms with Crippen molar-refractivity contribution in [3.8, 4) is 11.5 Å². The average molecular weight is 414 g/mol. The Kier molecular flexibility index (Phi) is 6.26. The number of ketones is 1. The highest BCUT2D eigenvalue weighted by molar-refractivity contribution is 6.06. The number of Topliss-reactive ketones (excluding diaryl/α,β-unsaturated/α-hetero) is 1. The quantitative estimate of drug-likeness (QED) is 0.675. The molecule has 0 atom stereocenters. The molecule has 1 heterocycles. The summed E-state index contributed by atoms with van der Waals surface area (Å²) in [5, 5.41) is 2.68. The Balaban J connectivity index is 1.84. The number of nitrogens with one attached hydrogen (secondary N) is 2. The first-order valence-electron chi connectivity index (χ1n) is 9.64. The van der Waals surface area contributed by atoms with Crippen LogP contribution in [0.2, 0.25) is 0 Å². The summed E-state index contributed by atoms with van der Waals surface area (Å²) in [6.07, 6.45) is 0.944. The first-order valence-corrected chi connectivity index (χ1v) is 9.64. The standard InChI is InChI=1S/C22H26N2O6/c1-22(2)11-16-14(17(25)12-22)10-15(21(27)24-16)20(26)23-13-5-6-18(29-4)19(9-13)30-8-7-28-3/h5-6,9-10H,7-8,11-12H2,1-4H3,(H,23,26)(H,24,27). The maximum absolute atomic E-state index is 12.7. The van der Waals surface area contributed by atoms with Gasteiger partial charge in [0.2, 0.25) is 0 Å². The van der Waals surface area contributed by atoms with E-state index in [1.807, 2.05) is 13.8 Å². The fourth-order valence-electron chi connectivity index (χ4n) is 3.50. The number of rotatable bonds is 7. The summed E-state index contributed by atoms with van der Waals surface area (Å²) in [6, 6.07) is 6.29.